The largest absolute Gasteiger partial charge is 0.301 e. The Morgan fingerprint density at radius 2 is 2.56 bits per heavy atom. The fourth-order valence-electron chi connectivity index (χ4n) is 0.819. The third-order valence-corrected chi connectivity index (χ3v) is 1.77. The van der Waals surface area contributed by atoms with Crippen LogP contribution in [0, 0.1) is 0 Å². The van der Waals surface area contributed by atoms with E-state index < -0.39 is 6.04 Å². The Balaban J connectivity index is 2.61. The van der Waals surface area contributed by atoms with Crippen molar-refractivity contribution in [1.29, 1.82) is 0 Å². The molecule has 0 aromatic carbocycles. The van der Waals surface area contributed by atoms with Gasteiger partial charge in [-0.25, -0.2) is 5.06 Å². The van der Waals surface area contributed by atoms with E-state index >= 15 is 0 Å². The Bertz CT molecular complexity index is 148. The molecule has 1 aliphatic rings. The summed E-state index contributed by atoms with van der Waals surface area (Å²) in [6, 6.07) is -0.391. The van der Waals surface area contributed by atoms with Gasteiger partial charge >= 0.3 is 0 Å². The molecule has 9 heavy (non-hydrogen) atoms. The number of rotatable bonds is 1. The van der Waals surface area contributed by atoms with E-state index in [0.29, 0.717) is 24.1 Å². The summed E-state index contributed by atoms with van der Waals surface area (Å²) in [5.41, 5.74) is 0. The van der Waals surface area contributed by atoms with E-state index in [1.54, 1.807) is 0 Å². The molecule has 0 aromatic heterocycles. The van der Waals surface area contributed by atoms with Gasteiger partial charge in [-0.3, -0.25) is 5.21 Å². The fourth-order valence-corrected chi connectivity index (χ4v) is 1.07. The third-order valence-electron chi connectivity index (χ3n) is 1.38. The molecule has 0 aromatic rings. The maximum atomic E-state index is 10.1. The normalized spacial score (nSPS) is 27.0. The summed E-state index contributed by atoms with van der Waals surface area (Å²) in [7, 11) is 0. The lowest BCUT2D eigenvalue weighted by Gasteiger charge is -2.11. The molecule has 0 spiro atoms. The van der Waals surface area contributed by atoms with Crippen LogP contribution in [0.15, 0.2) is 0 Å². The molecule has 1 N–H and O–H groups in total. The number of carbonyl (C=O) groups excluding carboxylic acids is 1. The third kappa shape index (κ3) is 1.09. The van der Waals surface area contributed by atoms with E-state index in [2.05, 4.69) is 0 Å². The second kappa shape index (κ2) is 2.41. The van der Waals surface area contributed by atoms with Crippen molar-refractivity contribution in [3.05, 3.63) is 0 Å². The monoisotopic (exact) mass is 145 g/mol. The van der Waals surface area contributed by atoms with E-state index in [1.165, 1.54) is 0 Å². The van der Waals surface area contributed by atoms with Gasteiger partial charge in [-0.05, 0) is 6.42 Å². The van der Waals surface area contributed by atoms with Crippen molar-refractivity contribution in [1.82, 2.24) is 5.06 Å². The Morgan fingerprint density at radius 3 is 2.78 bits per heavy atom. The molecule has 1 heterocycles. The van der Waals surface area contributed by atoms with Gasteiger partial charge in [-0.15, -0.1) is 0 Å². The highest BCUT2D eigenvalue weighted by molar-refractivity contribution is 7.80. The minimum Gasteiger partial charge on any atom is -0.301 e. The minimum atomic E-state index is -0.391. The predicted molar refractivity (Wildman–Crippen MR) is 35.3 cm³/mol. The van der Waals surface area contributed by atoms with Crippen LogP contribution >= 0.6 is 12.2 Å². The lowest BCUT2D eigenvalue weighted by molar-refractivity contribution is -0.120. The highest BCUT2D eigenvalue weighted by Crippen LogP contribution is 2.14. The number of thiocarbonyl (C=S) groups is 1. The molecule has 4 heteroatoms. The zero-order valence-corrected chi connectivity index (χ0v) is 5.60. The van der Waals surface area contributed by atoms with Crippen LogP contribution in [0.5, 0.6) is 0 Å². The summed E-state index contributed by atoms with van der Waals surface area (Å²) < 4.78 is 0. The molecule has 1 rings (SSSR count). The van der Waals surface area contributed by atoms with Crippen molar-refractivity contribution in [2.24, 2.45) is 0 Å². The number of hydrogen-bond donors (Lipinski definition) is 1. The van der Waals surface area contributed by atoms with Crippen LogP contribution in [0.4, 0.5) is 0 Å². The van der Waals surface area contributed by atoms with E-state index in [0.717, 1.165) is 5.06 Å². The first-order valence-corrected chi connectivity index (χ1v) is 3.13. The van der Waals surface area contributed by atoms with Crippen molar-refractivity contribution in [2.75, 3.05) is 0 Å². The SMILES string of the molecule is O=C[C@H]1CCC(=S)N1O. The molecule has 50 valence electrons. The second-order valence-corrected chi connectivity index (χ2v) is 2.45. The van der Waals surface area contributed by atoms with Crippen molar-refractivity contribution in [3.8, 4) is 0 Å². The summed E-state index contributed by atoms with van der Waals surface area (Å²) in [5, 5.41) is 9.78. The number of aldehydes is 1. The van der Waals surface area contributed by atoms with E-state index in [9.17, 15) is 4.79 Å². The summed E-state index contributed by atoms with van der Waals surface area (Å²) in [6.45, 7) is 0. The Labute approximate surface area is 58.2 Å². The lowest BCUT2D eigenvalue weighted by atomic mass is 10.2. The number of hydroxylamine groups is 2. The lowest BCUT2D eigenvalue weighted by Crippen LogP contribution is -2.29. The van der Waals surface area contributed by atoms with Gasteiger partial charge in [0.15, 0.2) is 0 Å². The summed E-state index contributed by atoms with van der Waals surface area (Å²) >= 11 is 4.70. The molecular weight excluding hydrogens is 138 g/mol. The molecule has 0 unspecified atom stereocenters. The van der Waals surface area contributed by atoms with Crippen LogP contribution in [0.25, 0.3) is 0 Å². The molecule has 1 atom stereocenters. The minimum absolute atomic E-state index is 0.391. The predicted octanol–water partition coefficient (Wildman–Crippen LogP) is 0.366. The first-order chi connectivity index (χ1) is 4.25. The highest BCUT2D eigenvalue weighted by atomic mass is 32.1. The molecule has 0 radical (unpaired) electrons. The molecule has 0 aliphatic carbocycles. The van der Waals surface area contributed by atoms with Gasteiger partial charge < -0.3 is 4.79 Å². The molecule has 0 bridgehead atoms. The maximum absolute atomic E-state index is 10.1. The van der Waals surface area contributed by atoms with Gasteiger partial charge in [0.05, 0.1) is 0 Å². The summed E-state index contributed by atoms with van der Waals surface area (Å²) in [4.78, 5) is 10.6. The fraction of sp³-hybridized carbons (Fsp3) is 0.600. The highest BCUT2D eigenvalue weighted by Gasteiger charge is 2.25. The van der Waals surface area contributed by atoms with Crippen molar-refractivity contribution < 1.29 is 10.0 Å². The summed E-state index contributed by atoms with van der Waals surface area (Å²) in [6.07, 6.45) is 2.01. The smallest absolute Gasteiger partial charge is 0.145 e. The zero-order valence-electron chi connectivity index (χ0n) is 4.78. The second-order valence-electron chi connectivity index (χ2n) is 1.98. The van der Waals surface area contributed by atoms with Crippen LogP contribution in [0.2, 0.25) is 0 Å². The number of carbonyl (C=O) groups is 1. The Kier molecular flexibility index (Phi) is 1.78. The van der Waals surface area contributed by atoms with Gasteiger partial charge in [0, 0.05) is 6.42 Å². The standard InChI is InChI=1S/C5H7NO2S/c7-3-4-1-2-5(9)6(4)8/h3-4,8H,1-2H2/t4-/m1/s1. The molecule has 0 saturated carbocycles. The Morgan fingerprint density at radius 1 is 1.89 bits per heavy atom. The maximum Gasteiger partial charge on any atom is 0.145 e. The number of hydrogen-bond acceptors (Lipinski definition) is 3. The van der Waals surface area contributed by atoms with Crippen molar-refractivity contribution in [2.45, 2.75) is 18.9 Å². The van der Waals surface area contributed by atoms with Gasteiger partial charge in [0.2, 0.25) is 0 Å². The molecule has 0 amide bonds. The quantitative estimate of drug-likeness (QED) is 0.427. The van der Waals surface area contributed by atoms with Crippen LogP contribution in [-0.4, -0.2) is 27.6 Å². The molecule has 1 aliphatic heterocycles. The van der Waals surface area contributed by atoms with Crippen LogP contribution < -0.4 is 0 Å². The molecule has 1 saturated heterocycles. The van der Waals surface area contributed by atoms with Crippen LogP contribution in [-0.2, 0) is 4.79 Å². The molecule has 1 fully saturated rings. The van der Waals surface area contributed by atoms with E-state index in [4.69, 9.17) is 17.4 Å². The first kappa shape index (κ1) is 6.64. The van der Waals surface area contributed by atoms with E-state index in [-0.39, 0.29) is 0 Å². The van der Waals surface area contributed by atoms with Crippen LogP contribution in [0.1, 0.15) is 12.8 Å². The molecule has 3 nitrogen and oxygen atoms in total. The van der Waals surface area contributed by atoms with Gasteiger partial charge in [-0.2, -0.15) is 0 Å². The first-order valence-electron chi connectivity index (χ1n) is 2.72. The zero-order chi connectivity index (χ0) is 6.85. The van der Waals surface area contributed by atoms with Gasteiger partial charge in [-0.1, -0.05) is 12.2 Å². The summed E-state index contributed by atoms with van der Waals surface area (Å²) in [5.74, 6) is 0. The van der Waals surface area contributed by atoms with Gasteiger partial charge in [0.25, 0.3) is 0 Å². The molecular formula is C5H7NO2S. The topological polar surface area (TPSA) is 40.5 Å². The Hall–Kier alpha value is -0.480. The van der Waals surface area contributed by atoms with Crippen LogP contribution in [0.3, 0.4) is 0 Å². The average molecular weight is 145 g/mol. The van der Waals surface area contributed by atoms with Crippen molar-refractivity contribution in [3.63, 3.8) is 0 Å². The van der Waals surface area contributed by atoms with Gasteiger partial charge in [0.1, 0.15) is 17.3 Å². The number of nitrogens with zero attached hydrogens (tertiary/aromatic N) is 1. The van der Waals surface area contributed by atoms with E-state index in [1.807, 2.05) is 0 Å². The van der Waals surface area contributed by atoms with Crippen molar-refractivity contribution >= 4 is 23.5 Å². The average Bonchev–Trinajstić information content (AvgIpc) is 2.15.